The van der Waals surface area contributed by atoms with Gasteiger partial charge in [0, 0.05) is 4.47 Å². The van der Waals surface area contributed by atoms with Crippen molar-refractivity contribution >= 4 is 15.9 Å². The van der Waals surface area contributed by atoms with Gasteiger partial charge in [-0.3, -0.25) is 0 Å². The summed E-state index contributed by atoms with van der Waals surface area (Å²) in [5.74, 6) is 0. The van der Waals surface area contributed by atoms with Crippen molar-refractivity contribution in [2.45, 2.75) is 0 Å². The lowest BCUT2D eigenvalue weighted by molar-refractivity contribution is 1.56. The Kier molecular flexibility index (Phi) is 4.49. The number of hydrogen-bond acceptors (Lipinski definition) is 0. The van der Waals surface area contributed by atoms with E-state index in [4.69, 9.17) is 0 Å². The van der Waals surface area contributed by atoms with Crippen LogP contribution in [0.15, 0.2) is 102 Å². The zero-order valence-electron chi connectivity index (χ0n) is 13.6. The number of halogens is 1. The smallest absolute Gasteiger partial charge is 0.0175 e. The minimum atomic E-state index is 1.09. The number of benzene rings is 4. The van der Waals surface area contributed by atoms with Gasteiger partial charge in [0.1, 0.15) is 0 Å². The van der Waals surface area contributed by atoms with E-state index in [9.17, 15) is 0 Å². The summed E-state index contributed by atoms with van der Waals surface area (Å²) < 4.78 is 1.09. The first-order valence-electron chi connectivity index (χ1n) is 8.22. The summed E-state index contributed by atoms with van der Waals surface area (Å²) in [6, 6.07) is 37.1. The third-order valence-corrected chi connectivity index (χ3v) is 4.82. The van der Waals surface area contributed by atoms with Gasteiger partial charge in [-0.05, 0) is 69.8 Å². The van der Waals surface area contributed by atoms with Crippen molar-refractivity contribution < 1.29 is 0 Å². The van der Waals surface area contributed by atoms with Crippen molar-refractivity contribution in [3.05, 3.63) is 108 Å². The Bertz CT molecular complexity index is 968. The zero-order valence-corrected chi connectivity index (χ0v) is 15.2. The monoisotopic (exact) mass is 383 g/mol. The van der Waals surface area contributed by atoms with Gasteiger partial charge in [-0.15, -0.1) is 0 Å². The topological polar surface area (TPSA) is 0 Å². The van der Waals surface area contributed by atoms with Crippen LogP contribution in [0.2, 0.25) is 0 Å². The highest BCUT2D eigenvalue weighted by Gasteiger charge is 2.03. The van der Waals surface area contributed by atoms with E-state index >= 15 is 0 Å². The average Bonchev–Trinajstić information content (AvgIpc) is 2.69. The summed E-state index contributed by atoms with van der Waals surface area (Å²) in [4.78, 5) is 0. The molecule has 0 aromatic heterocycles. The van der Waals surface area contributed by atoms with E-state index in [-0.39, 0.29) is 0 Å². The first kappa shape index (κ1) is 15.9. The van der Waals surface area contributed by atoms with Crippen LogP contribution in [0.1, 0.15) is 0 Å². The fourth-order valence-electron chi connectivity index (χ4n) is 2.93. The molecule has 0 bridgehead atoms. The lowest BCUT2D eigenvalue weighted by atomic mass is 9.97. The Hall–Kier alpha value is -2.64. The molecule has 0 nitrogen and oxygen atoms in total. The molecule has 0 aliphatic rings. The predicted octanol–water partition coefficient (Wildman–Crippen LogP) is 7.25. The molecule has 0 N–H and O–H groups in total. The molecule has 25 heavy (non-hydrogen) atoms. The maximum absolute atomic E-state index is 3.49. The van der Waals surface area contributed by atoms with E-state index in [1.54, 1.807) is 0 Å². The van der Waals surface area contributed by atoms with Crippen LogP contribution in [-0.2, 0) is 0 Å². The van der Waals surface area contributed by atoms with E-state index in [0.29, 0.717) is 0 Å². The maximum atomic E-state index is 3.49. The Labute approximate surface area is 156 Å². The molecule has 4 aromatic carbocycles. The SMILES string of the molecule is Brc1ccc(-c2c[c]cc(-c3ccc(-c4ccccc4)cc3)c2)cc1. The highest BCUT2D eigenvalue weighted by molar-refractivity contribution is 9.10. The summed E-state index contributed by atoms with van der Waals surface area (Å²) >= 11 is 3.49. The molecule has 0 atom stereocenters. The van der Waals surface area contributed by atoms with Gasteiger partial charge in [0.25, 0.3) is 0 Å². The van der Waals surface area contributed by atoms with E-state index in [1.165, 1.54) is 33.4 Å². The largest absolute Gasteiger partial charge is 0.0622 e. The van der Waals surface area contributed by atoms with Crippen LogP contribution >= 0.6 is 15.9 Å². The molecule has 0 aliphatic heterocycles. The fourth-order valence-corrected chi connectivity index (χ4v) is 3.20. The molecule has 0 unspecified atom stereocenters. The molecule has 1 heteroatoms. The van der Waals surface area contributed by atoms with Crippen molar-refractivity contribution in [1.29, 1.82) is 0 Å². The van der Waals surface area contributed by atoms with Gasteiger partial charge in [-0.25, -0.2) is 0 Å². The van der Waals surface area contributed by atoms with Crippen molar-refractivity contribution in [2.75, 3.05) is 0 Å². The molecule has 0 saturated heterocycles. The Balaban J connectivity index is 1.66. The van der Waals surface area contributed by atoms with Gasteiger partial charge in [0.2, 0.25) is 0 Å². The van der Waals surface area contributed by atoms with Crippen LogP contribution in [0.4, 0.5) is 0 Å². The van der Waals surface area contributed by atoms with Crippen LogP contribution in [-0.4, -0.2) is 0 Å². The Morgan fingerprint density at radius 2 is 0.920 bits per heavy atom. The highest BCUT2D eigenvalue weighted by atomic mass is 79.9. The number of rotatable bonds is 3. The predicted molar refractivity (Wildman–Crippen MR) is 109 cm³/mol. The minimum absolute atomic E-state index is 1.09. The summed E-state index contributed by atoms with van der Waals surface area (Å²) in [6.07, 6.45) is 0. The third kappa shape index (κ3) is 3.57. The maximum Gasteiger partial charge on any atom is 0.0175 e. The molecular weight excluding hydrogens is 368 g/mol. The molecular formula is C24H16Br. The second kappa shape index (κ2) is 7.08. The molecule has 1 radical (unpaired) electrons. The summed E-state index contributed by atoms with van der Waals surface area (Å²) in [7, 11) is 0. The lowest BCUT2D eigenvalue weighted by Crippen LogP contribution is -1.83. The first-order chi connectivity index (χ1) is 12.3. The van der Waals surface area contributed by atoms with Crippen molar-refractivity contribution in [1.82, 2.24) is 0 Å². The van der Waals surface area contributed by atoms with E-state index in [2.05, 4.69) is 101 Å². The van der Waals surface area contributed by atoms with Crippen molar-refractivity contribution in [2.24, 2.45) is 0 Å². The fraction of sp³-hybridized carbons (Fsp3) is 0. The van der Waals surface area contributed by atoms with Crippen LogP contribution in [0, 0.1) is 6.07 Å². The standard InChI is InChI=1S/C24H16Br/c25-24-15-13-21(14-16-24)23-8-4-7-22(17-23)20-11-9-19(10-12-20)18-5-2-1-3-6-18/h1-3,5-17H. The van der Waals surface area contributed by atoms with Gasteiger partial charge in [0.05, 0.1) is 0 Å². The average molecular weight is 384 g/mol. The van der Waals surface area contributed by atoms with Gasteiger partial charge in [0.15, 0.2) is 0 Å². The minimum Gasteiger partial charge on any atom is -0.0622 e. The van der Waals surface area contributed by atoms with Gasteiger partial charge in [-0.1, -0.05) is 82.7 Å². The van der Waals surface area contributed by atoms with Crippen LogP contribution in [0.5, 0.6) is 0 Å². The molecule has 0 heterocycles. The molecule has 0 spiro atoms. The normalized spacial score (nSPS) is 10.6. The van der Waals surface area contributed by atoms with Crippen molar-refractivity contribution in [3.8, 4) is 33.4 Å². The molecule has 0 fully saturated rings. The molecule has 0 amide bonds. The molecule has 4 aromatic rings. The quantitative estimate of drug-likeness (QED) is 0.349. The van der Waals surface area contributed by atoms with E-state index in [0.717, 1.165) is 4.47 Å². The van der Waals surface area contributed by atoms with Crippen LogP contribution < -0.4 is 0 Å². The summed E-state index contributed by atoms with van der Waals surface area (Å²) in [5, 5.41) is 0. The second-order valence-corrected chi connectivity index (χ2v) is 6.88. The number of hydrogen-bond donors (Lipinski definition) is 0. The molecule has 0 saturated carbocycles. The summed E-state index contributed by atoms with van der Waals surface area (Å²) in [5.41, 5.74) is 7.23. The summed E-state index contributed by atoms with van der Waals surface area (Å²) in [6.45, 7) is 0. The van der Waals surface area contributed by atoms with Gasteiger partial charge < -0.3 is 0 Å². The molecule has 4 rings (SSSR count). The highest BCUT2D eigenvalue weighted by Crippen LogP contribution is 2.29. The molecule has 119 valence electrons. The third-order valence-electron chi connectivity index (χ3n) is 4.29. The lowest BCUT2D eigenvalue weighted by Gasteiger charge is -2.08. The Morgan fingerprint density at radius 3 is 1.48 bits per heavy atom. The first-order valence-corrected chi connectivity index (χ1v) is 9.02. The van der Waals surface area contributed by atoms with Gasteiger partial charge in [-0.2, -0.15) is 0 Å². The van der Waals surface area contributed by atoms with Gasteiger partial charge >= 0.3 is 0 Å². The zero-order chi connectivity index (χ0) is 17.1. The van der Waals surface area contributed by atoms with Crippen LogP contribution in [0.25, 0.3) is 33.4 Å². The van der Waals surface area contributed by atoms with E-state index < -0.39 is 0 Å². The second-order valence-electron chi connectivity index (χ2n) is 5.96. The molecule has 0 aliphatic carbocycles. The van der Waals surface area contributed by atoms with Crippen molar-refractivity contribution in [3.63, 3.8) is 0 Å². The van der Waals surface area contributed by atoms with E-state index in [1.807, 2.05) is 18.2 Å². The van der Waals surface area contributed by atoms with Crippen LogP contribution in [0.3, 0.4) is 0 Å². The Morgan fingerprint density at radius 1 is 0.480 bits per heavy atom.